The second-order valence-corrected chi connectivity index (χ2v) is 4.00. The van der Waals surface area contributed by atoms with Crippen molar-refractivity contribution in [1.82, 2.24) is 10.6 Å². The van der Waals surface area contributed by atoms with E-state index < -0.39 is 36.4 Å². The van der Waals surface area contributed by atoms with Gasteiger partial charge >= 0.3 is 11.9 Å². The van der Waals surface area contributed by atoms with E-state index in [1.165, 1.54) is 0 Å². The molecule has 1 aliphatic heterocycles. The first kappa shape index (κ1) is 13.4. The van der Waals surface area contributed by atoms with E-state index in [0.717, 1.165) is 19.4 Å². The number of carbonyl (C=O) groups excluding carboxylic acids is 1. The number of amides is 1. The molecule has 1 rings (SSSR count). The summed E-state index contributed by atoms with van der Waals surface area (Å²) in [7, 11) is 0. The zero-order valence-corrected chi connectivity index (χ0v) is 9.31. The van der Waals surface area contributed by atoms with Crippen LogP contribution in [0.15, 0.2) is 0 Å². The molecule has 1 saturated heterocycles. The number of hydrogen-bond acceptors (Lipinski definition) is 4. The highest BCUT2D eigenvalue weighted by Crippen LogP contribution is 2.07. The molecule has 0 spiro atoms. The molecule has 7 heteroatoms. The molecular weight excluding hydrogens is 228 g/mol. The number of rotatable bonds is 5. The average molecular weight is 244 g/mol. The number of piperidine rings is 1. The Morgan fingerprint density at radius 1 is 1.29 bits per heavy atom. The standard InChI is InChI=1S/C10H16N2O5/c13-8(14)5-7(10(16)17)12-9(15)6-3-1-2-4-11-6/h6-7,11H,1-5H2,(H,12,15)(H,13,14)(H,16,17)/t6-,7?/m1/s1. The number of carbonyl (C=O) groups is 3. The van der Waals surface area contributed by atoms with Gasteiger partial charge in [0.1, 0.15) is 6.04 Å². The summed E-state index contributed by atoms with van der Waals surface area (Å²) in [4.78, 5) is 32.9. The molecule has 2 atom stereocenters. The fraction of sp³-hybridized carbons (Fsp3) is 0.700. The van der Waals surface area contributed by atoms with Crippen molar-refractivity contribution >= 4 is 17.8 Å². The fourth-order valence-corrected chi connectivity index (χ4v) is 1.72. The zero-order chi connectivity index (χ0) is 12.8. The Morgan fingerprint density at radius 2 is 2.00 bits per heavy atom. The molecule has 7 nitrogen and oxygen atoms in total. The van der Waals surface area contributed by atoms with Gasteiger partial charge in [-0.2, -0.15) is 0 Å². The SMILES string of the molecule is O=C(O)CC(NC(=O)[C@H]1CCCCN1)C(=O)O. The Morgan fingerprint density at radius 3 is 2.47 bits per heavy atom. The van der Waals surface area contributed by atoms with Crippen LogP contribution in [0.1, 0.15) is 25.7 Å². The molecule has 0 radical (unpaired) electrons. The second kappa shape index (κ2) is 6.19. The Labute approximate surface area is 98.2 Å². The van der Waals surface area contributed by atoms with Gasteiger partial charge in [-0.25, -0.2) is 4.79 Å². The van der Waals surface area contributed by atoms with E-state index >= 15 is 0 Å². The predicted octanol–water partition coefficient (Wildman–Crippen LogP) is -0.827. The molecule has 0 saturated carbocycles. The molecule has 0 aliphatic carbocycles. The van der Waals surface area contributed by atoms with Crippen LogP contribution in [0.2, 0.25) is 0 Å². The predicted molar refractivity (Wildman–Crippen MR) is 57.5 cm³/mol. The van der Waals surface area contributed by atoms with Crippen LogP contribution in [0, 0.1) is 0 Å². The van der Waals surface area contributed by atoms with E-state index in [-0.39, 0.29) is 0 Å². The van der Waals surface area contributed by atoms with Crippen LogP contribution in [-0.2, 0) is 14.4 Å². The van der Waals surface area contributed by atoms with E-state index in [1.54, 1.807) is 0 Å². The van der Waals surface area contributed by atoms with Gasteiger partial charge in [0.05, 0.1) is 12.5 Å². The lowest BCUT2D eigenvalue weighted by atomic mass is 10.0. The van der Waals surface area contributed by atoms with Crippen LogP contribution in [0.3, 0.4) is 0 Å². The van der Waals surface area contributed by atoms with E-state index in [1.807, 2.05) is 0 Å². The largest absolute Gasteiger partial charge is 0.481 e. The molecule has 96 valence electrons. The molecule has 1 fully saturated rings. The normalized spacial score (nSPS) is 21.5. The number of aliphatic carboxylic acids is 2. The van der Waals surface area contributed by atoms with Gasteiger partial charge in [0, 0.05) is 0 Å². The Hall–Kier alpha value is -1.63. The van der Waals surface area contributed by atoms with Crippen molar-refractivity contribution in [2.24, 2.45) is 0 Å². The highest BCUT2D eigenvalue weighted by atomic mass is 16.4. The Bertz CT molecular complexity index is 312. The monoisotopic (exact) mass is 244 g/mol. The molecule has 1 unspecified atom stereocenters. The first-order valence-corrected chi connectivity index (χ1v) is 5.49. The van der Waals surface area contributed by atoms with Gasteiger partial charge < -0.3 is 20.8 Å². The van der Waals surface area contributed by atoms with Gasteiger partial charge in [0.15, 0.2) is 0 Å². The van der Waals surface area contributed by atoms with Crippen molar-refractivity contribution in [2.45, 2.75) is 37.8 Å². The van der Waals surface area contributed by atoms with E-state index in [2.05, 4.69) is 10.6 Å². The van der Waals surface area contributed by atoms with Crippen molar-refractivity contribution < 1.29 is 24.6 Å². The molecule has 0 bridgehead atoms. The van der Waals surface area contributed by atoms with Gasteiger partial charge in [-0.15, -0.1) is 0 Å². The van der Waals surface area contributed by atoms with Crippen molar-refractivity contribution in [3.8, 4) is 0 Å². The summed E-state index contributed by atoms with van der Waals surface area (Å²) in [5.41, 5.74) is 0. The van der Waals surface area contributed by atoms with Crippen LogP contribution in [0.25, 0.3) is 0 Å². The lowest BCUT2D eigenvalue weighted by Gasteiger charge is -2.24. The molecule has 0 aromatic rings. The van der Waals surface area contributed by atoms with Crippen LogP contribution < -0.4 is 10.6 Å². The smallest absolute Gasteiger partial charge is 0.326 e. The van der Waals surface area contributed by atoms with E-state index in [0.29, 0.717) is 6.42 Å². The molecule has 0 aromatic carbocycles. The van der Waals surface area contributed by atoms with Crippen molar-refractivity contribution in [3.63, 3.8) is 0 Å². The number of carboxylic acids is 2. The third-order valence-corrected chi connectivity index (χ3v) is 2.62. The summed E-state index contributed by atoms with van der Waals surface area (Å²) in [6.07, 6.45) is 1.92. The first-order valence-electron chi connectivity index (χ1n) is 5.49. The minimum atomic E-state index is -1.37. The molecule has 0 aromatic heterocycles. The molecule has 1 amide bonds. The quantitative estimate of drug-likeness (QED) is 0.502. The van der Waals surface area contributed by atoms with Crippen molar-refractivity contribution in [2.75, 3.05) is 6.54 Å². The lowest BCUT2D eigenvalue weighted by molar-refractivity contribution is -0.147. The van der Waals surface area contributed by atoms with Gasteiger partial charge in [-0.3, -0.25) is 9.59 Å². The summed E-state index contributed by atoms with van der Waals surface area (Å²) in [6.45, 7) is 0.717. The van der Waals surface area contributed by atoms with Gasteiger partial charge in [-0.05, 0) is 19.4 Å². The van der Waals surface area contributed by atoms with Gasteiger partial charge in [0.25, 0.3) is 0 Å². The summed E-state index contributed by atoms with van der Waals surface area (Å²) < 4.78 is 0. The van der Waals surface area contributed by atoms with Crippen molar-refractivity contribution in [1.29, 1.82) is 0 Å². The van der Waals surface area contributed by atoms with Crippen LogP contribution in [0.4, 0.5) is 0 Å². The molecule has 17 heavy (non-hydrogen) atoms. The number of carboxylic acid groups (broad SMARTS) is 2. The summed E-state index contributed by atoms with van der Waals surface area (Å²) in [5.74, 6) is -3.04. The summed E-state index contributed by atoms with van der Waals surface area (Å²) in [5, 5.41) is 22.5. The maximum absolute atomic E-state index is 11.7. The maximum atomic E-state index is 11.7. The lowest BCUT2D eigenvalue weighted by Crippen LogP contribution is -2.52. The third kappa shape index (κ3) is 4.39. The van der Waals surface area contributed by atoms with Gasteiger partial charge in [0.2, 0.25) is 5.91 Å². The Balaban J connectivity index is 2.50. The summed E-state index contributed by atoms with van der Waals surface area (Å²) >= 11 is 0. The highest BCUT2D eigenvalue weighted by Gasteiger charge is 2.27. The van der Waals surface area contributed by atoms with Gasteiger partial charge in [-0.1, -0.05) is 6.42 Å². The number of hydrogen-bond donors (Lipinski definition) is 4. The molecule has 1 aliphatic rings. The minimum absolute atomic E-state index is 0.417. The van der Waals surface area contributed by atoms with E-state index in [4.69, 9.17) is 10.2 Å². The topological polar surface area (TPSA) is 116 Å². The molecular formula is C10H16N2O5. The highest BCUT2D eigenvalue weighted by molar-refractivity contribution is 5.89. The number of nitrogens with one attached hydrogen (secondary N) is 2. The van der Waals surface area contributed by atoms with E-state index in [9.17, 15) is 14.4 Å². The third-order valence-electron chi connectivity index (χ3n) is 2.62. The van der Waals surface area contributed by atoms with Crippen LogP contribution in [0.5, 0.6) is 0 Å². The van der Waals surface area contributed by atoms with Crippen LogP contribution >= 0.6 is 0 Å². The average Bonchev–Trinajstić information content (AvgIpc) is 2.28. The Kier molecular flexibility index (Phi) is 4.89. The molecule has 1 heterocycles. The zero-order valence-electron chi connectivity index (χ0n) is 9.31. The van der Waals surface area contributed by atoms with Crippen LogP contribution in [-0.4, -0.2) is 46.7 Å². The fourth-order valence-electron chi connectivity index (χ4n) is 1.72. The maximum Gasteiger partial charge on any atom is 0.326 e. The summed E-state index contributed by atoms with van der Waals surface area (Å²) in [6, 6.07) is -1.79. The second-order valence-electron chi connectivity index (χ2n) is 4.00. The van der Waals surface area contributed by atoms with Crippen molar-refractivity contribution in [3.05, 3.63) is 0 Å². The minimum Gasteiger partial charge on any atom is -0.481 e. The first-order chi connectivity index (χ1) is 8.00. The molecule has 4 N–H and O–H groups in total.